The summed E-state index contributed by atoms with van der Waals surface area (Å²) in [6.07, 6.45) is 0.0497. The zero-order valence-corrected chi connectivity index (χ0v) is 11.4. The van der Waals surface area contributed by atoms with Crippen molar-refractivity contribution in [3.8, 4) is 23.3 Å². The van der Waals surface area contributed by atoms with E-state index in [0.29, 0.717) is 22.8 Å². The average molecular weight is 301 g/mol. The van der Waals surface area contributed by atoms with Gasteiger partial charge in [0.1, 0.15) is 5.75 Å². The van der Waals surface area contributed by atoms with E-state index in [0.717, 1.165) is 0 Å². The minimum Gasteiger partial charge on any atom is -0.410 e. The predicted molar refractivity (Wildman–Crippen MR) is 76.4 cm³/mol. The fraction of sp³-hybridized carbons (Fsp3) is 0. The second kappa shape index (κ2) is 5.76. The molecule has 3 rings (SSSR count). The van der Waals surface area contributed by atoms with Gasteiger partial charge in [-0.15, -0.1) is 5.10 Å². The van der Waals surface area contributed by atoms with E-state index in [-0.39, 0.29) is 6.08 Å². The highest BCUT2D eigenvalue weighted by Crippen LogP contribution is 2.25. The number of halogens is 1. The van der Waals surface area contributed by atoms with Crippen molar-refractivity contribution in [2.75, 3.05) is 0 Å². The van der Waals surface area contributed by atoms with Crippen LogP contribution in [0.1, 0.15) is 10.4 Å². The molecule has 2 aromatic carbocycles. The molecule has 0 amide bonds. The number of hydrogen-bond donors (Lipinski definition) is 0. The Morgan fingerprint density at radius 1 is 1.00 bits per heavy atom. The van der Waals surface area contributed by atoms with Gasteiger partial charge < -0.3 is 9.15 Å². The van der Waals surface area contributed by atoms with Crippen molar-refractivity contribution in [2.24, 2.45) is 0 Å². The lowest BCUT2D eigenvalue weighted by Crippen LogP contribution is -1.87. The van der Waals surface area contributed by atoms with E-state index in [1.807, 2.05) is 18.2 Å². The van der Waals surface area contributed by atoms with Crippen LogP contribution in [-0.2, 0) is 0 Å². The van der Waals surface area contributed by atoms with Gasteiger partial charge >= 0.3 is 6.08 Å². The molecule has 104 valence electrons. The van der Waals surface area contributed by atoms with Gasteiger partial charge in [-0.25, -0.2) is 0 Å². The van der Waals surface area contributed by atoms with Gasteiger partial charge in [0.2, 0.25) is 0 Å². The molecule has 0 atom stereocenters. The fourth-order valence-corrected chi connectivity index (χ4v) is 1.83. The van der Waals surface area contributed by atoms with Crippen molar-refractivity contribution in [2.45, 2.75) is 0 Å². The van der Waals surface area contributed by atoms with Crippen LogP contribution in [-0.4, -0.2) is 15.4 Å². The maximum Gasteiger partial charge on any atom is 0.420 e. The Labute approximate surface area is 125 Å². The standard InChI is InChI=1S/C15H9ClN2O3/c16-13(19)10-6-8-11(9-7-10)14-17-18-15(21-14)20-12-4-2-1-3-5-12/h1-9H. The summed E-state index contributed by atoms with van der Waals surface area (Å²) >= 11 is 5.39. The predicted octanol–water partition coefficient (Wildman–Crippen LogP) is 3.91. The third-order valence-corrected chi connectivity index (χ3v) is 2.93. The molecule has 0 radical (unpaired) electrons. The molecule has 1 heterocycles. The topological polar surface area (TPSA) is 65.2 Å². The molecule has 21 heavy (non-hydrogen) atoms. The lowest BCUT2D eigenvalue weighted by Gasteiger charge is -1.98. The van der Waals surface area contributed by atoms with Gasteiger partial charge in [0, 0.05) is 11.1 Å². The molecule has 0 bridgehead atoms. The first kappa shape index (κ1) is 13.3. The fourth-order valence-electron chi connectivity index (χ4n) is 1.70. The summed E-state index contributed by atoms with van der Waals surface area (Å²) in [6.45, 7) is 0. The van der Waals surface area contributed by atoms with Crippen molar-refractivity contribution >= 4 is 16.8 Å². The highest BCUT2D eigenvalue weighted by molar-refractivity contribution is 6.67. The van der Waals surface area contributed by atoms with Gasteiger partial charge in [-0.3, -0.25) is 4.79 Å². The summed E-state index contributed by atoms with van der Waals surface area (Å²) in [6, 6.07) is 15.7. The molecule has 0 aliphatic rings. The third-order valence-electron chi connectivity index (χ3n) is 2.71. The van der Waals surface area contributed by atoms with E-state index in [2.05, 4.69) is 10.2 Å². The smallest absolute Gasteiger partial charge is 0.410 e. The largest absolute Gasteiger partial charge is 0.420 e. The van der Waals surface area contributed by atoms with Crippen LogP contribution in [0.15, 0.2) is 59.0 Å². The normalized spacial score (nSPS) is 10.3. The maximum atomic E-state index is 11.0. The molecule has 0 saturated carbocycles. The number of rotatable bonds is 4. The maximum absolute atomic E-state index is 11.0. The van der Waals surface area contributed by atoms with Crippen molar-refractivity contribution in [1.82, 2.24) is 10.2 Å². The van der Waals surface area contributed by atoms with Crippen LogP contribution < -0.4 is 4.74 Å². The van der Waals surface area contributed by atoms with Gasteiger partial charge in [0.05, 0.1) is 0 Å². The first-order valence-corrected chi connectivity index (χ1v) is 6.47. The van der Waals surface area contributed by atoms with E-state index in [1.54, 1.807) is 36.4 Å². The summed E-state index contributed by atoms with van der Waals surface area (Å²) < 4.78 is 10.8. The molecular formula is C15H9ClN2O3. The number of para-hydroxylation sites is 1. The molecule has 0 spiro atoms. The molecule has 3 aromatic rings. The van der Waals surface area contributed by atoms with Gasteiger partial charge in [0.25, 0.3) is 11.1 Å². The Morgan fingerprint density at radius 3 is 2.38 bits per heavy atom. The van der Waals surface area contributed by atoms with Gasteiger partial charge in [-0.05, 0) is 48.0 Å². The minimum atomic E-state index is -0.514. The van der Waals surface area contributed by atoms with Crippen LogP contribution in [0.3, 0.4) is 0 Å². The highest BCUT2D eigenvalue weighted by atomic mass is 35.5. The van der Waals surface area contributed by atoms with E-state index < -0.39 is 5.24 Å². The molecule has 1 aromatic heterocycles. The molecule has 6 heteroatoms. The molecule has 0 N–H and O–H groups in total. The summed E-state index contributed by atoms with van der Waals surface area (Å²) in [5.74, 6) is 0.908. The van der Waals surface area contributed by atoms with Crippen molar-refractivity contribution in [1.29, 1.82) is 0 Å². The second-order valence-electron chi connectivity index (χ2n) is 4.14. The van der Waals surface area contributed by atoms with Crippen LogP contribution >= 0.6 is 11.6 Å². The summed E-state index contributed by atoms with van der Waals surface area (Å²) in [7, 11) is 0. The zero-order chi connectivity index (χ0) is 14.7. The number of carbonyl (C=O) groups excluding carboxylic acids is 1. The molecule has 5 nitrogen and oxygen atoms in total. The number of carbonyl (C=O) groups is 1. The van der Waals surface area contributed by atoms with Gasteiger partial charge in [-0.2, -0.15) is 0 Å². The zero-order valence-electron chi connectivity index (χ0n) is 10.7. The Bertz CT molecular complexity index is 754. The first-order valence-electron chi connectivity index (χ1n) is 6.09. The highest BCUT2D eigenvalue weighted by Gasteiger charge is 2.11. The number of ether oxygens (including phenoxy) is 1. The van der Waals surface area contributed by atoms with Crippen LogP contribution in [0.4, 0.5) is 0 Å². The quantitative estimate of drug-likeness (QED) is 0.683. The summed E-state index contributed by atoms with van der Waals surface area (Å²) in [5, 5.41) is 7.20. The van der Waals surface area contributed by atoms with Crippen molar-refractivity contribution in [3.05, 3.63) is 60.2 Å². The Morgan fingerprint density at radius 2 is 1.71 bits per heavy atom. The number of benzene rings is 2. The molecule has 0 aliphatic carbocycles. The lowest BCUT2D eigenvalue weighted by molar-refractivity contribution is 0.108. The Balaban J connectivity index is 1.80. The van der Waals surface area contributed by atoms with Crippen LogP contribution in [0.25, 0.3) is 11.5 Å². The van der Waals surface area contributed by atoms with Crippen LogP contribution in [0.2, 0.25) is 0 Å². The van der Waals surface area contributed by atoms with Crippen LogP contribution in [0, 0.1) is 0 Å². The average Bonchev–Trinajstić information content (AvgIpc) is 2.97. The minimum absolute atomic E-state index is 0.0497. The Kier molecular flexibility index (Phi) is 3.66. The van der Waals surface area contributed by atoms with E-state index in [4.69, 9.17) is 20.8 Å². The molecule has 0 unspecified atom stereocenters. The third kappa shape index (κ3) is 3.09. The Hall–Kier alpha value is -2.66. The van der Waals surface area contributed by atoms with Crippen LogP contribution in [0.5, 0.6) is 11.8 Å². The molecular weight excluding hydrogens is 292 g/mol. The van der Waals surface area contributed by atoms with E-state index in [1.165, 1.54) is 0 Å². The monoisotopic (exact) mass is 300 g/mol. The van der Waals surface area contributed by atoms with Crippen molar-refractivity contribution < 1.29 is 13.9 Å². The van der Waals surface area contributed by atoms with Gasteiger partial charge in [-0.1, -0.05) is 23.3 Å². The first-order chi connectivity index (χ1) is 10.2. The molecule has 0 aliphatic heterocycles. The molecule has 0 saturated heterocycles. The lowest BCUT2D eigenvalue weighted by atomic mass is 10.1. The van der Waals surface area contributed by atoms with E-state index in [9.17, 15) is 4.79 Å². The number of aromatic nitrogens is 2. The van der Waals surface area contributed by atoms with Gasteiger partial charge in [0.15, 0.2) is 0 Å². The summed E-state index contributed by atoms with van der Waals surface area (Å²) in [5.41, 5.74) is 1.08. The molecule has 0 fully saturated rings. The number of hydrogen-bond acceptors (Lipinski definition) is 5. The summed E-state index contributed by atoms with van der Waals surface area (Å²) in [4.78, 5) is 11.0. The second-order valence-corrected chi connectivity index (χ2v) is 4.48. The number of nitrogens with zero attached hydrogens (tertiary/aromatic N) is 2. The van der Waals surface area contributed by atoms with E-state index >= 15 is 0 Å². The SMILES string of the molecule is O=C(Cl)c1ccc(-c2nnc(Oc3ccccc3)o2)cc1. The van der Waals surface area contributed by atoms with Crippen molar-refractivity contribution in [3.63, 3.8) is 0 Å².